The number of nitrogens with two attached hydrogens (primary N) is 1. The van der Waals surface area contributed by atoms with Crippen LogP contribution in [0.4, 0.5) is 17.1 Å². The van der Waals surface area contributed by atoms with Gasteiger partial charge in [-0.2, -0.15) is 0 Å². The van der Waals surface area contributed by atoms with Gasteiger partial charge in [0.05, 0.1) is 16.9 Å². The van der Waals surface area contributed by atoms with Crippen molar-refractivity contribution >= 4 is 49.8 Å². The van der Waals surface area contributed by atoms with Crippen LogP contribution < -0.4 is 11.1 Å². The molecule has 0 fully saturated rings. The zero-order valence-corrected chi connectivity index (χ0v) is 12.8. The van der Waals surface area contributed by atoms with Crippen molar-refractivity contribution in [3.05, 3.63) is 66.9 Å². The lowest BCUT2D eigenvalue weighted by Gasteiger charge is -2.06. The van der Waals surface area contributed by atoms with Crippen LogP contribution >= 0.6 is 0 Å². The van der Waals surface area contributed by atoms with Crippen LogP contribution in [0.2, 0.25) is 0 Å². The number of aromatic amines is 1. The van der Waals surface area contributed by atoms with Crippen LogP contribution in [0.5, 0.6) is 0 Å². The zero-order chi connectivity index (χ0) is 16.1. The van der Waals surface area contributed by atoms with Crippen molar-refractivity contribution in [1.29, 1.82) is 0 Å². The number of anilines is 3. The van der Waals surface area contributed by atoms with Crippen molar-refractivity contribution in [2.24, 2.45) is 0 Å². The number of fused-ring (bicyclic) bond motifs is 4. The van der Waals surface area contributed by atoms with Crippen molar-refractivity contribution in [2.75, 3.05) is 11.1 Å². The third kappa shape index (κ3) is 1.86. The van der Waals surface area contributed by atoms with Crippen LogP contribution in [0.3, 0.4) is 0 Å². The lowest BCUT2D eigenvalue weighted by molar-refractivity contribution is 0.617. The summed E-state index contributed by atoms with van der Waals surface area (Å²) in [4.78, 5) is 3.50. The summed E-state index contributed by atoms with van der Waals surface area (Å²) in [5, 5.41) is 6.92. The summed E-state index contributed by atoms with van der Waals surface area (Å²) in [5.41, 5.74) is 11.5. The molecule has 24 heavy (non-hydrogen) atoms. The van der Waals surface area contributed by atoms with Gasteiger partial charge in [0.1, 0.15) is 11.8 Å². The minimum absolute atomic E-state index is 0.695. The van der Waals surface area contributed by atoms with Crippen molar-refractivity contribution < 1.29 is 4.42 Å². The van der Waals surface area contributed by atoms with Crippen LogP contribution in [0.15, 0.2) is 71.3 Å². The van der Waals surface area contributed by atoms with Gasteiger partial charge in [-0.1, -0.05) is 30.3 Å². The summed E-state index contributed by atoms with van der Waals surface area (Å²) in [6, 6.07) is 20.3. The fourth-order valence-electron chi connectivity index (χ4n) is 3.26. The molecule has 4 N–H and O–H groups in total. The first-order valence-electron chi connectivity index (χ1n) is 7.83. The van der Waals surface area contributed by atoms with E-state index in [2.05, 4.69) is 46.7 Å². The Balaban J connectivity index is 1.68. The molecule has 3 aromatic carbocycles. The van der Waals surface area contributed by atoms with Crippen molar-refractivity contribution in [1.82, 2.24) is 4.98 Å². The highest BCUT2D eigenvalue weighted by atomic mass is 16.3. The first kappa shape index (κ1) is 13.1. The Hall–Kier alpha value is -3.40. The molecule has 0 aliphatic carbocycles. The van der Waals surface area contributed by atoms with Crippen LogP contribution in [0, 0.1) is 0 Å². The van der Waals surface area contributed by atoms with E-state index in [1.165, 1.54) is 10.8 Å². The molecule has 0 saturated heterocycles. The predicted molar refractivity (Wildman–Crippen MR) is 99.7 cm³/mol. The molecule has 2 heterocycles. The Labute approximate surface area is 137 Å². The maximum atomic E-state index is 5.82. The third-order valence-electron chi connectivity index (χ3n) is 4.41. The van der Waals surface area contributed by atoms with E-state index in [0.29, 0.717) is 5.69 Å². The smallest absolute Gasteiger partial charge is 0.138 e. The second-order valence-corrected chi connectivity index (χ2v) is 5.93. The van der Waals surface area contributed by atoms with Crippen molar-refractivity contribution in [2.45, 2.75) is 0 Å². The molecule has 0 atom stereocenters. The van der Waals surface area contributed by atoms with E-state index in [-0.39, 0.29) is 0 Å². The lowest BCUT2D eigenvalue weighted by Crippen LogP contribution is -1.90. The number of hydrogen-bond donors (Lipinski definition) is 3. The molecule has 0 bridgehead atoms. The number of furan rings is 1. The Morgan fingerprint density at radius 2 is 1.71 bits per heavy atom. The first-order chi connectivity index (χ1) is 11.8. The number of hydrogen-bond acceptors (Lipinski definition) is 3. The second kappa shape index (κ2) is 4.80. The molecule has 5 rings (SSSR count). The summed E-state index contributed by atoms with van der Waals surface area (Å²) >= 11 is 0. The van der Waals surface area contributed by atoms with E-state index < -0.39 is 0 Å². The summed E-state index contributed by atoms with van der Waals surface area (Å²) in [5.74, 6) is 0. The van der Waals surface area contributed by atoms with E-state index in [1.54, 1.807) is 6.26 Å². The SMILES string of the molecule is Nc1ccc2c(Nc3cccc4c3[nH]c3ccccc34)coc2c1. The molecule has 0 amide bonds. The highest BCUT2D eigenvalue weighted by Gasteiger charge is 2.11. The lowest BCUT2D eigenvalue weighted by atomic mass is 10.1. The molecule has 4 nitrogen and oxygen atoms in total. The Morgan fingerprint density at radius 1 is 0.833 bits per heavy atom. The minimum atomic E-state index is 0.695. The second-order valence-electron chi connectivity index (χ2n) is 5.93. The average molecular weight is 313 g/mol. The maximum absolute atomic E-state index is 5.82. The number of nitrogens with one attached hydrogen (secondary N) is 2. The number of benzene rings is 3. The van der Waals surface area contributed by atoms with Gasteiger partial charge in [-0.25, -0.2) is 0 Å². The Bertz CT molecular complexity index is 1200. The summed E-state index contributed by atoms with van der Waals surface area (Å²) in [7, 11) is 0. The molecule has 4 heteroatoms. The predicted octanol–water partition coefficient (Wildman–Crippen LogP) is 5.39. The highest BCUT2D eigenvalue weighted by Crippen LogP contribution is 2.34. The number of aromatic nitrogens is 1. The van der Waals surface area contributed by atoms with Gasteiger partial charge in [0.15, 0.2) is 0 Å². The molecule has 0 unspecified atom stereocenters. The van der Waals surface area contributed by atoms with Crippen LogP contribution in [-0.4, -0.2) is 4.98 Å². The van der Waals surface area contributed by atoms with Gasteiger partial charge < -0.3 is 20.5 Å². The highest BCUT2D eigenvalue weighted by molar-refractivity contribution is 6.12. The van der Waals surface area contributed by atoms with Gasteiger partial charge >= 0.3 is 0 Å². The number of para-hydroxylation sites is 2. The van der Waals surface area contributed by atoms with Gasteiger partial charge in [-0.05, 0) is 24.3 Å². The molecular weight excluding hydrogens is 298 g/mol. The van der Waals surface area contributed by atoms with Crippen molar-refractivity contribution in [3.63, 3.8) is 0 Å². The first-order valence-corrected chi connectivity index (χ1v) is 7.83. The molecular formula is C20H15N3O. The summed E-state index contributed by atoms with van der Waals surface area (Å²) < 4.78 is 5.62. The molecule has 0 radical (unpaired) electrons. The van der Waals surface area contributed by atoms with E-state index in [4.69, 9.17) is 10.2 Å². The molecule has 0 aliphatic rings. The number of rotatable bonds is 2. The van der Waals surface area contributed by atoms with E-state index in [9.17, 15) is 0 Å². The topological polar surface area (TPSA) is 67.0 Å². The molecule has 116 valence electrons. The molecule has 0 spiro atoms. The standard InChI is InChI=1S/C20H15N3O/c21-12-8-9-15-18(11-24-19(15)10-12)22-17-7-3-5-14-13-4-1-2-6-16(13)23-20(14)17/h1-11,22-23H,21H2. The molecule has 0 aliphatic heterocycles. The van der Waals surface area contributed by atoms with Crippen LogP contribution in [-0.2, 0) is 0 Å². The zero-order valence-electron chi connectivity index (χ0n) is 12.8. The number of H-pyrrole nitrogens is 1. The molecule has 2 aromatic heterocycles. The van der Waals surface area contributed by atoms with E-state index in [0.717, 1.165) is 33.4 Å². The normalized spacial score (nSPS) is 11.5. The average Bonchev–Trinajstić information content (AvgIpc) is 3.17. The fraction of sp³-hybridized carbons (Fsp3) is 0. The number of nitrogen functional groups attached to an aromatic ring is 1. The summed E-state index contributed by atoms with van der Waals surface area (Å²) in [6.45, 7) is 0. The van der Waals surface area contributed by atoms with Crippen LogP contribution in [0.25, 0.3) is 32.8 Å². The fourth-order valence-corrected chi connectivity index (χ4v) is 3.26. The van der Waals surface area contributed by atoms with Gasteiger partial charge in [-0.3, -0.25) is 0 Å². The molecule has 0 saturated carbocycles. The Kier molecular flexibility index (Phi) is 2.61. The van der Waals surface area contributed by atoms with Gasteiger partial charge in [-0.15, -0.1) is 0 Å². The van der Waals surface area contributed by atoms with Gasteiger partial charge in [0.2, 0.25) is 0 Å². The van der Waals surface area contributed by atoms with Crippen molar-refractivity contribution in [3.8, 4) is 0 Å². The maximum Gasteiger partial charge on any atom is 0.138 e. The Morgan fingerprint density at radius 3 is 2.67 bits per heavy atom. The molecule has 5 aromatic rings. The monoisotopic (exact) mass is 313 g/mol. The minimum Gasteiger partial charge on any atom is -0.462 e. The van der Waals surface area contributed by atoms with Crippen LogP contribution in [0.1, 0.15) is 0 Å². The largest absolute Gasteiger partial charge is 0.462 e. The van der Waals surface area contributed by atoms with Gasteiger partial charge in [0, 0.05) is 33.4 Å². The van der Waals surface area contributed by atoms with E-state index >= 15 is 0 Å². The van der Waals surface area contributed by atoms with Gasteiger partial charge in [0.25, 0.3) is 0 Å². The third-order valence-corrected chi connectivity index (χ3v) is 4.41. The quantitative estimate of drug-likeness (QED) is 0.383. The van der Waals surface area contributed by atoms with E-state index in [1.807, 2.05) is 24.3 Å². The summed E-state index contributed by atoms with van der Waals surface area (Å²) in [6.07, 6.45) is 1.73.